The molecule has 0 amide bonds. The third kappa shape index (κ3) is 3.32. The van der Waals surface area contributed by atoms with Crippen molar-refractivity contribution in [3.05, 3.63) is 56.2 Å². The number of thiophene rings is 1. The summed E-state index contributed by atoms with van der Waals surface area (Å²) in [7, 11) is 0. The Morgan fingerprint density at radius 3 is 2.65 bits per heavy atom. The molecule has 0 N–H and O–H groups in total. The molecule has 17 heavy (non-hydrogen) atoms. The minimum atomic E-state index is 0.0924. The van der Waals surface area contributed by atoms with Gasteiger partial charge in [-0.2, -0.15) is 11.3 Å². The van der Waals surface area contributed by atoms with Gasteiger partial charge in [0.05, 0.1) is 10.0 Å². The highest BCUT2D eigenvalue weighted by Crippen LogP contribution is 2.23. The van der Waals surface area contributed by atoms with Crippen molar-refractivity contribution >= 4 is 40.3 Å². The van der Waals surface area contributed by atoms with E-state index in [-0.39, 0.29) is 5.78 Å². The highest BCUT2D eigenvalue weighted by Gasteiger charge is 2.08. The van der Waals surface area contributed by atoms with Crippen molar-refractivity contribution in [2.45, 2.75) is 12.8 Å². The lowest BCUT2D eigenvalue weighted by Gasteiger charge is -2.02. The van der Waals surface area contributed by atoms with Gasteiger partial charge in [-0.25, -0.2) is 0 Å². The number of benzene rings is 1. The molecule has 2 aromatic rings. The molecule has 0 saturated carbocycles. The number of hydrogen-bond donors (Lipinski definition) is 0. The quantitative estimate of drug-likeness (QED) is 0.732. The van der Waals surface area contributed by atoms with Gasteiger partial charge in [0.2, 0.25) is 0 Å². The largest absolute Gasteiger partial charge is 0.294 e. The maximum atomic E-state index is 11.9. The Kier molecular flexibility index (Phi) is 4.21. The van der Waals surface area contributed by atoms with E-state index in [0.29, 0.717) is 22.0 Å². The van der Waals surface area contributed by atoms with Crippen LogP contribution in [-0.4, -0.2) is 5.78 Å². The van der Waals surface area contributed by atoms with Crippen LogP contribution in [0, 0.1) is 0 Å². The summed E-state index contributed by atoms with van der Waals surface area (Å²) in [5.41, 5.74) is 1.82. The number of carbonyl (C=O) groups excluding carboxylic acids is 1. The van der Waals surface area contributed by atoms with Crippen molar-refractivity contribution in [3.63, 3.8) is 0 Å². The van der Waals surface area contributed by atoms with Crippen molar-refractivity contribution < 1.29 is 4.79 Å². The highest BCUT2D eigenvalue weighted by atomic mass is 35.5. The first-order chi connectivity index (χ1) is 8.16. The fourth-order valence-electron chi connectivity index (χ4n) is 1.51. The number of ketones is 1. The fraction of sp³-hybridized carbons (Fsp3) is 0.154. The smallest absolute Gasteiger partial charge is 0.163 e. The van der Waals surface area contributed by atoms with Gasteiger partial charge in [-0.3, -0.25) is 4.79 Å². The fourth-order valence-corrected chi connectivity index (χ4v) is 2.51. The first kappa shape index (κ1) is 12.6. The molecule has 88 valence electrons. The van der Waals surface area contributed by atoms with Gasteiger partial charge in [-0.15, -0.1) is 0 Å². The van der Waals surface area contributed by atoms with Crippen LogP contribution in [-0.2, 0) is 6.42 Å². The monoisotopic (exact) mass is 284 g/mol. The molecule has 2 rings (SSSR count). The first-order valence-electron chi connectivity index (χ1n) is 5.16. The number of Topliss-reactive ketones (excluding diaryl/α,β-unsaturated/α-hetero) is 1. The predicted molar refractivity (Wildman–Crippen MR) is 73.4 cm³/mol. The maximum Gasteiger partial charge on any atom is 0.163 e. The van der Waals surface area contributed by atoms with Crippen LogP contribution >= 0.6 is 34.5 Å². The van der Waals surface area contributed by atoms with Crippen molar-refractivity contribution in [1.29, 1.82) is 0 Å². The zero-order valence-electron chi connectivity index (χ0n) is 8.95. The normalized spacial score (nSPS) is 10.5. The summed E-state index contributed by atoms with van der Waals surface area (Å²) in [5.74, 6) is 0.0924. The molecule has 1 aromatic carbocycles. The minimum Gasteiger partial charge on any atom is -0.294 e. The summed E-state index contributed by atoms with van der Waals surface area (Å²) in [5, 5.41) is 4.97. The van der Waals surface area contributed by atoms with Gasteiger partial charge < -0.3 is 0 Å². The lowest BCUT2D eigenvalue weighted by atomic mass is 10.0. The van der Waals surface area contributed by atoms with Crippen LogP contribution in [0.1, 0.15) is 22.3 Å². The molecule has 0 spiro atoms. The predicted octanol–water partition coefficient (Wildman–Crippen LogP) is 4.87. The first-order valence-corrected chi connectivity index (χ1v) is 6.86. The zero-order chi connectivity index (χ0) is 12.3. The Morgan fingerprint density at radius 2 is 2.00 bits per heavy atom. The van der Waals surface area contributed by atoms with Gasteiger partial charge in [0.15, 0.2) is 5.78 Å². The Bertz CT molecular complexity index is 520. The lowest BCUT2D eigenvalue weighted by Crippen LogP contribution is -2.00. The molecule has 4 heteroatoms. The van der Waals surface area contributed by atoms with Gasteiger partial charge in [-0.1, -0.05) is 23.2 Å². The van der Waals surface area contributed by atoms with Crippen molar-refractivity contribution in [2.24, 2.45) is 0 Å². The standard InChI is InChI=1S/C13H10Cl2OS/c14-11-3-2-10(7-12(11)15)13(16)4-1-9-5-6-17-8-9/h2-3,5-8H,1,4H2. The Balaban J connectivity index is 2.02. The third-order valence-electron chi connectivity index (χ3n) is 2.46. The lowest BCUT2D eigenvalue weighted by molar-refractivity contribution is 0.0983. The molecule has 0 fully saturated rings. The van der Waals surface area contributed by atoms with E-state index in [4.69, 9.17) is 23.2 Å². The van der Waals surface area contributed by atoms with Crippen LogP contribution in [0.4, 0.5) is 0 Å². The second-order valence-electron chi connectivity index (χ2n) is 3.68. The maximum absolute atomic E-state index is 11.9. The van der Waals surface area contributed by atoms with Gasteiger partial charge in [0.25, 0.3) is 0 Å². The van der Waals surface area contributed by atoms with Gasteiger partial charge in [-0.05, 0) is 47.0 Å². The molecular weight excluding hydrogens is 275 g/mol. The van der Waals surface area contributed by atoms with E-state index < -0.39 is 0 Å². The average molecular weight is 285 g/mol. The summed E-state index contributed by atoms with van der Waals surface area (Å²) in [6.45, 7) is 0. The van der Waals surface area contributed by atoms with Crippen LogP contribution < -0.4 is 0 Å². The number of hydrogen-bond acceptors (Lipinski definition) is 2. The molecule has 1 nitrogen and oxygen atoms in total. The molecule has 0 saturated heterocycles. The molecule has 0 unspecified atom stereocenters. The molecule has 1 aromatic heterocycles. The van der Waals surface area contributed by atoms with E-state index >= 15 is 0 Å². The molecule has 0 radical (unpaired) electrons. The number of carbonyl (C=O) groups is 1. The molecule has 0 aliphatic carbocycles. The van der Waals surface area contributed by atoms with Crippen molar-refractivity contribution in [3.8, 4) is 0 Å². The Morgan fingerprint density at radius 1 is 1.18 bits per heavy atom. The van der Waals surface area contributed by atoms with Crippen molar-refractivity contribution in [2.75, 3.05) is 0 Å². The van der Waals surface area contributed by atoms with Crippen LogP contribution in [0.15, 0.2) is 35.0 Å². The molecular formula is C13H10Cl2OS. The van der Waals surface area contributed by atoms with E-state index in [1.807, 2.05) is 11.4 Å². The molecule has 0 aliphatic heterocycles. The van der Waals surface area contributed by atoms with Gasteiger partial charge in [0.1, 0.15) is 0 Å². The van der Waals surface area contributed by atoms with Crippen LogP contribution in [0.5, 0.6) is 0 Å². The van der Waals surface area contributed by atoms with Crippen molar-refractivity contribution in [1.82, 2.24) is 0 Å². The Labute approximate surface area is 114 Å². The number of aryl methyl sites for hydroxylation is 1. The van der Waals surface area contributed by atoms with E-state index in [1.54, 1.807) is 29.5 Å². The van der Waals surface area contributed by atoms with E-state index in [0.717, 1.165) is 6.42 Å². The van der Waals surface area contributed by atoms with Gasteiger partial charge in [0, 0.05) is 12.0 Å². The van der Waals surface area contributed by atoms with E-state index in [1.165, 1.54) is 5.56 Å². The SMILES string of the molecule is O=C(CCc1ccsc1)c1ccc(Cl)c(Cl)c1. The number of halogens is 2. The second-order valence-corrected chi connectivity index (χ2v) is 5.28. The molecule has 0 aliphatic rings. The molecule has 1 heterocycles. The Hall–Kier alpha value is -0.830. The second kappa shape index (κ2) is 5.67. The van der Waals surface area contributed by atoms with Crippen LogP contribution in [0.25, 0.3) is 0 Å². The number of rotatable bonds is 4. The molecule has 0 atom stereocenters. The third-order valence-corrected chi connectivity index (χ3v) is 3.93. The minimum absolute atomic E-state index is 0.0924. The summed E-state index contributed by atoms with van der Waals surface area (Å²) in [4.78, 5) is 11.9. The average Bonchev–Trinajstić information content (AvgIpc) is 2.82. The van der Waals surface area contributed by atoms with Crippen LogP contribution in [0.3, 0.4) is 0 Å². The summed E-state index contributed by atoms with van der Waals surface area (Å²) in [6, 6.07) is 7.03. The summed E-state index contributed by atoms with van der Waals surface area (Å²) < 4.78 is 0. The van der Waals surface area contributed by atoms with Gasteiger partial charge >= 0.3 is 0 Å². The summed E-state index contributed by atoms with van der Waals surface area (Å²) in [6.07, 6.45) is 1.26. The topological polar surface area (TPSA) is 17.1 Å². The molecule has 0 bridgehead atoms. The summed E-state index contributed by atoms with van der Waals surface area (Å²) >= 11 is 13.3. The highest BCUT2D eigenvalue weighted by molar-refractivity contribution is 7.07. The van der Waals surface area contributed by atoms with Crippen LogP contribution in [0.2, 0.25) is 10.0 Å². The van der Waals surface area contributed by atoms with E-state index in [9.17, 15) is 4.79 Å². The zero-order valence-corrected chi connectivity index (χ0v) is 11.3. The van der Waals surface area contributed by atoms with E-state index in [2.05, 4.69) is 5.38 Å².